The number of carbonyl (C=O) groups is 1. The Hall–Kier alpha value is -3.54. The molecule has 0 spiro atoms. The summed E-state index contributed by atoms with van der Waals surface area (Å²) >= 11 is 0. The van der Waals surface area contributed by atoms with Crippen LogP contribution in [0.2, 0.25) is 0 Å². The van der Waals surface area contributed by atoms with Gasteiger partial charge in [0.05, 0.1) is 0 Å². The topological polar surface area (TPSA) is 72.7 Å². The van der Waals surface area contributed by atoms with Crippen molar-refractivity contribution in [1.29, 1.82) is 0 Å². The fraction of sp³-hybridized carbons (Fsp3) is 0. The van der Waals surface area contributed by atoms with Crippen molar-refractivity contribution in [3.05, 3.63) is 79.0 Å². The Morgan fingerprint density at radius 3 is 2.50 bits per heavy atom. The standard InChI is InChI=1S/C18H13N5O/c24-18(16-9-4-10-17(21-16)23-11-19-20-12-23)22-15-8-3-6-13-5-1-2-7-14(13)15/h1-12H,(H,22,24). The first-order valence-electron chi connectivity index (χ1n) is 7.42. The Labute approximate surface area is 137 Å². The molecular weight excluding hydrogens is 302 g/mol. The van der Waals surface area contributed by atoms with Gasteiger partial charge in [-0.1, -0.05) is 42.5 Å². The number of hydrogen-bond donors (Lipinski definition) is 1. The molecule has 0 atom stereocenters. The van der Waals surface area contributed by atoms with Gasteiger partial charge in [0.25, 0.3) is 5.91 Å². The van der Waals surface area contributed by atoms with E-state index in [2.05, 4.69) is 20.5 Å². The van der Waals surface area contributed by atoms with Crippen LogP contribution in [0.5, 0.6) is 0 Å². The molecule has 0 fully saturated rings. The van der Waals surface area contributed by atoms with Crippen LogP contribution in [0, 0.1) is 0 Å². The molecule has 2 aromatic heterocycles. The molecule has 116 valence electrons. The van der Waals surface area contributed by atoms with Gasteiger partial charge in [-0.2, -0.15) is 0 Å². The highest BCUT2D eigenvalue weighted by Crippen LogP contribution is 2.23. The highest BCUT2D eigenvalue weighted by molar-refractivity contribution is 6.08. The molecule has 1 N–H and O–H groups in total. The van der Waals surface area contributed by atoms with Crippen molar-refractivity contribution in [2.75, 3.05) is 5.32 Å². The second-order valence-corrected chi connectivity index (χ2v) is 5.23. The molecule has 4 rings (SSSR count). The summed E-state index contributed by atoms with van der Waals surface area (Å²) in [4.78, 5) is 16.9. The number of nitrogens with zero attached hydrogens (tertiary/aromatic N) is 4. The minimum Gasteiger partial charge on any atom is -0.320 e. The summed E-state index contributed by atoms with van der Waals surface area (Å²) in [6, 6.07) is 19.0. The number of aromatic nitrogens is 4. The Balaban J connectivity index is 1.66. The third-order valence-electron chi connectivity index (χ3n) is 3.69. The molecule has 6 heteroatoms. The minimum absolute atomic E-state index is 0.263. The molecule has 0 unspecified atom stereocenters. The van der Waals surface area contributed by atoms with Crippen LogP contribution in [0.3, 0.4) is 0 Å². The number of rotatable bonds is 3. The van der Waals surface area contributed by atoms with Crippen LogP contribution in [0.1, 0.15) is 10.5 Å². The predicted octanol–water partition coefficient (Wildman–Crippen LogP) is 3.07. The van der Waals surface area contributed by atoms with E-state index in [1.807, 2.05) is 42.5 Å². The number of hydrogen-bond acceptors (Lipinski definition) is 4. The number of anilines is 1. The summed E-state index contributed by atoms with van der Waals surface area (Å²) in [5.74, 6) is 0.326. The lowest BCUT2D eigenvalue weighted by Crippen LogP contribution is -2.14. The second kappa shape index (κ2) is 5.92. The van der Waals surface area contributed by atoms with Crippen LogP contribution in [0.4, 0.5) is 5.69 Å². The Morgan fingerprint density at radius 2 is 1.62 bits per heavy atom. The third-order valence-corrected chi connectivity index (χ3v) is 3.69. The number of fused-ring (bicyclic) bond motifs is 1. The fourth-order valence-electron chi connectivity index (χ4n) is 2.53. The average molecular weight is 315 g/mol. The zero-order chi connectivity index (χ0) is 16.4. The number of amides is 1. The van der Waals surface area contributed by atoms with Gasteiger partial charge < -0.3 is 5.32 Å². The SMILES string of the molecule is O=C(Nc1cccc2ccccc12)c1cccc(-n2cnnc2)n1. The van der Waals surface area contributed by atoms with E-state index >= 15 is 0 Å². The van der Waals surface area contributed by atoms with Gasteiger partial charge in [-0.25, -0.2) is 4.98 Å². The Morgan fingerprint density at radius 1 is 0.875 bits per heavy atom. The Kier molecular flexibility index (Phi) is 3.47. The van der Waals surface area contributed by atoms with Crippen molar-refractivity contribution >= 4 is 22.4 Å². The molecule has 0 aliphatic rings. The van der Waals surface area contributed by atoms with Crippen LogP contribution in [-0.2, 0) is 0 Å². The molecule has 2 heterocycles. The maximum absolute atomic E-state index is 12.6. The predicted molar refractivity (Wildman–Crippen MR) is 91.1 cm³/mol. The summed E-state index contributed by atoms with van der Waals surface area (Å²) in [7, 11) is 0. The number of carbonyl (C=O) groups excluding carboxylic acids is 1. The van der Waals surface area contributed by atoms with Crippen molar-refractivity contribution in [1.82, 2.24) is 19.7 Å². The van der Waals surface area contributed by atoms with Crippen LogP contribution in [0.25, 0.3) is 16.6 Å². The molecule has 0 saturated carbocycles. The van der Waals surface area contributed by atoms with Gasteiger partial charge in [-0.3, -0.25) is 9.36 Å². The van der Waals surface area contributed by atoms with Crippen LogP contribution in [0.15, 0.2) is 73.3 Å². The molecule has 0 aliphatic carbocycles. The summed E-state index contributed by atoms with van der Waals surface area (Å²) in [5, 5.41) is 12.5. The van der Waals surface area contributed by atoms with Gasteiger partial charge in [0, 0.05) is 11.1 Å². The van der Waals surface area contributed by atoms with E-state index in [1.54, 1.807) is 22.8 Å². The van der Waals surface area contributed by atoms with E-state index in [4.69, 9.17) is 0 Å². The molecule has 0 radical (unpaired) electrons. The van der Waals surface area contributed by atoms with E-state index in [9.17, 15) is 4.79 Å². The molecule has 2 aromatic carbocycles. The van der Waals surface area contributed by atoms with E-state index in [0.29, 0.717) is 11.5 Å². The quantitative estimate of drug-likeness (QED) is 0.630. The molecule has 4 aromatic rings. The first-order valence-corrected chi connectivity index (χ1v) is 7.42. The molecular formula is C18H13N5O. The molecule has 0 aliphatic heterocycles. The fourth-order valence-corrected chi connectivity index (χ4v) is 2.53. The maximum atomic E-state index is 12.6. The first kappa shape index (κ1) is 14.1. The van der Waals surface area contributed by atoms with Crippen molar-refractivity contribution in [2.24, 2.45) is 0 Å². The molecule has 0 bridgehead atoms. The molecule has 0 saturated heterocycles. The van der Waals surface area contributed by atoms with Gasteiger partial charge in [0.1, 0.15) is 24.2 Å². The average Bonchev–Trinajstić information content (AvgIpc) is 3.17. The van der Waals surface area contributed by atoms with E-state index < -0.39 is 0 Å². The number of nitrogens with one attached hydrogen (secondary N) is 1. The first-order chi connectivity index (χ1) is 11.8. The van der Waals surface area contributed by atoms with Crippen molar-refractivity contribution in [3.63, 3.8) is 0 Å². The van der Waals surface area contributed by atoms with Crippen molar-refractivity contribution < 1.29 is 4.79 Å². The molecule has 1 amide bonds. The van der Waals surface area contributed by atoms with E-state index in [1.165, 1.54) is 12.7 Å². The lowest BCUT2D eigenvalue weighted by Gasteiger charge is -2.09. The second-order valence-electron chi connectivity index (χ2n) is 5.23. The van der Waals surface area contributed by atoms with Crippen molar-refractivity contribution in [3.8, 4) is 5.82 Å². The number of benzene rings is 2. The lowest BCUT2D eigenvalue weighted by atomic mass is 10.1. The van der Waals surface area contributed by atoms with Crippen molar-refractivity contribution in [2.45, 2.75) is 0 Å². The van der Waals surface area contributed by atoms with Crippen LogP contribution >= 0.6 is 0 Å². The van der Waals surface area contributed by atoms with Gasteiger partial charge in [-0.15, -0.1) is 10.2 Å². The van der Waals surface area contributed by atoms with Gasteiger partial charge in [-0.05, 0) is 23.6 Å². The Bertz CT molecular complexity index is 1010. The highest BCUT2D eigenvalue weighted by Gasteiger charge is 2.11. The molecule has 6 nitrogen and oxygen atoms in total. The van der Waals surface area contributed by atoms with E-state index in [0.717, 1.165) is 16.5 Å². The lowest BCUT2D eigenvalue weighted by molar-refractivity contribution is 0.102. The summed E-state index contributed by atoms with van der Waals surface area (Å²) < 4.78 is 1.65. The van der Waals surface area contributed by atoms with Crippen LogP contribution < -0.4 is 5.32 Å². The van der Waals surface area contributed by atoms with Gasteiger partial charge in [0.2, 0.25) is 0 Å². The highest BCUT2D eigenvalue weighted by atomic mass is 16.1. The number of pyridine rings is 1. The molecule has 24 heavy (non-hydrogen) atoms. The minimum atomic E-state index is -0.263. The zero-order valence-corrected chi connectivity index (χ0v) is 12.6. The monoisotopic (exact) mass is 315 g/mol. The smallest absolute Gasteiger partial charge is 0.274 e. The van der Waals surface area contributed by atoms with Gasteiger partial charge in [0.15, 0.2) is 0 Å². The summed E-state index contributed by atoms with van der Waals surface area (Å²) in [5.41, 5.74) is 1.09. The normalized spacial score (nSPS) is 10.7. The maximum Gasteiger partial charge on any atom is 0.274 e. The van der Waals surface area contributed by atoms with Gasteiger partial charge >= 0.3 is 0 Å². The van der Waals surface area contributed by atoms with E-state index in [-0.39, 0.29) is 5.91 Å². The largest absolute Gasteiger partial charge is 0.320 e. The summed E-state index contributed by atoms with van der Waals surface area (Å²) in [6.45, 7) is 0. The summed E-state index contributed by atoms with van der Waals surface area (Å²) in [6.07, 6.45) is 3.07. The third kappa shape index (κ3) is 2.61. The van der Waals surface area contributed by atoms with Crippen LogP contribution in [-0.4, -0.2) is 25.7 Å². The zero-order valence-electron chi connectivity index (χ0n) is 12.6.